The molecule has 0 aromatic carbocycles. The second-order valence-electron chi connectivity index (χ2n) is 3.99. The Bertz CT molecular complexity index is 739. The van der Waals surface area contributed by atoms with Crippen LogP contribution in [-0.4, -0.2) is 11.0 Å². The minimum absolute atomic E-state index is 0.0121. The van der Waals surface area contributed by atoms with Gasteiger partial charge in [-0.2, -0.15) is 0 Å². The van der Waals surface area contributed by atoms with Gasteiger partial charge < -0.3 is 29.9 Å². The molecule has 0 spiro atoms. The molecule has 0 bridgehead atoms. The second-order valence-corrected chi connectivity index (χ2v) is 3.99. The topological polar surface area (TPSA) is 124 Å². The number of oxime groups is 1. The molecule has 3 aromatic heterocycles. The van der Waals surface area contributed by atoms with Gasteiger partial charge in [0.15, 0.2) is 17.4 Å². The molecular weight excluding hydrogens is 262 g/mol. The molecule has 5 N–H and O–H groups in total. The van der Waals surface area contributed by atoms with Gasteiger partial charge in [-0.3, -0.25) is 0 Å². The van der Waals surface area contributed by atoms with Gasteiger partial charge in [-0.25, -0.2) is 0 Å². The van der Waals surface area contributed by atoms with E-state index in [2.05, 4.69) is 5.16 Å². The highest BCUT2D eigenvalue weighted by Gasteiger charge is 2.27. The number of rotatable bonds is 3. The van der Waals surface area contributed by atoms with E-state index in [1.54, 1.807) is 24.3 Å². The second kappa shape index (κ2) is 4.54. The van der Waals surface area contributed by atoms with E-state index in [0.29, 0.717) is 22.8 Å². The van der Waals surface area contributed by atoms with Crippen LogP contribution in [0, 0.1) is 0 Å². The fourth-order valence-corrected chi connectivity index (χ4v) is 1.99. The number of hydrogen-bond acceptors (Lipinski definition) is 6. The van der Waals surface area contributed by atoms with Gasteiger partial charge in [0.05, 0.1) is 23.7 Å². The Balaban J connectivity index is 2.32. The lowest BCUT2D eigenvalue weighted by Crippen LogP contribution is -2.15. The summed E-state index contributed by atoms with van der Waals surface area (Å²) in [6.07, 6.45) is 3.00. The highest BCUT2D eigenvalue weighted by molar-refractivity contribution is 6.08. The zero-order chi connectivity index (χ0) is 14.1. The SMILES string of the molecule is N/C(=N\O)c1c(N)oc(-c2ccco2)c1-c1ccco1. The van der Waals surface area contributed by atoms with Gasteiger partial charge in [-0.15, -0.1) is 0 Å². The number of furan rings is 3. The average molecular weight is 273 g/mol. The number of nitrogen functional groups attached to an aromatic ring is 1. The van der Waals surface area contributed by atoms with Gasteiger partial charge in [-0.05, 0) is 24.3 Å². The van der Waals surface area contributed by atoms with Gasteiger partial charge in [-0.1, -0.05) is 5.16 Å². The summed E-state index contributed by atoms with van der Waals surface area (Å²) < 4.78 is 16.2. The summed E-state index contributed by atoms with van der Waals surface area (Å²) in [6.45, 7) is 0. The summed E-state index contributed by atoms with van der Waals surface area (Å²) in [5, 5.41) is 11.9. The van der Waals surface area contributed by atoms with Crippen molar-refractivity contribution in [2.45, 2.75) is 0 Å². The molecule has 3 heterocycles. The summed E-state index contributed by atoms with van der Waals surface area (Å²) in [5.74, 6) is 1.12. The molecule has 3 rings (SSSR count). The van der Waals surface area contributed by atoms with E-state index < -0.39 is 0 Å². The third-order valence-corrected chi connectivity index (χ3v) is 2.81. The molecule has 7 nitrogen and oxygen atoms in total. The van der Waals surface area contributed by atoms with Crippen LogP contribution in [0.25, 0.3) is 22.8 Å². The highest BCUT2D eigenvalue weighted by atomic mass is 16.4. The smallest absolute Gasteiger partial charge is 0.203 e. The van der Waals surface area contributed by atoms with Crippen LogP contribution < -0.4 is 11.5 Å². The predicted molar refractivity (Wildman–Crippen MR) is 71.0 cm³/mol. The third-order valence-electron chi connectivity index (χ3n) is 2.81. The van der Waals surface area contributed by atoms with Crippen molar-refractivity contribution in [3.8, 4) is 22.8 Å². The fourth-order valence-electron chi connectivity index (χ4n) is 1.99. The summed E-state index contributed by atoms with van der Waals surface area (Å²) in [6, 6.07) is 6.84. The molecular formula is C13H11N3O4. The molecule has 3 aromatic rings. The number of hydrogen-bond donors (Lipinski definition) is 3. The Labute approximate surface area is 113 Å². The van der Waals surface area contributed by atoms with Crippen molar-refractivity contribution in [3.05, 3.63) is 42.4 Å². The first-order valence-electron chi connectivity index (χ1n) is 5.70. The van der Waals surface area contributed by atoms with Crippen LogP contribution in [0.15, 0.2) is 55.2 Å². The molecule has 0 radical (unpaired) electrons. The molecule has 0 amide bonds. The molecule has 20 heavy (non-hydrogen) atoms. The normalized spacial score (nSPS) is 11.9. The fraction of sp³-hybridized carbons (Fsp3) is 0. The van der Waals surface area contributed by atoms with Gasteiger partial charge in [0.2, 0.25) is 5.88 Å². The van der Waals surface area contributed by atoms with E-state index in [1.165, 1.54) is 12.5 Å². The van der Waals surface area contributed by atoms with Crippen molar-refractivity contribution in [1.29, 1.82) is 0 Å². The van der Waals surface area contributed by atoms with Crippen LogP contribution in [0.4, 0.5) is 5.88 Å². The van der Waals surface area contributed by atoms with Crippen molar-refractivity contribution in [2.24, 2.45) is 10.9 Å². The molecule has 0 atom stereocenters. The van der Waals surface area contributed by atoms with Crippen molar-refractivity contribution >= 4 is 11.7 Å². The summed E-state index contributed by atoms with van der Waals surface area (Å²) >= 11 is 0. The van der Waals surface area contributed by atoms with Crippen molar-refractivity contribution < 1.29 is 18.5 Å². The van der Waals surface area contributed by atoms with E-state index in [9.17, 15) is 0 Å². The maximum absolute atomic E-state index is 8.89. The lowest BCUT2D eigenvalue weighted by molar-refractivity contribution is 0.318. The summed E-state index contributed by atoms with van der Waals surface area (Å²) in [7, 11) is 0. The third kappa shape index (κ3) is 1.72. The van der Waals surface area contributed by atoms with Crippen molar-refractivity contribution in [2.75, 3.05) is 5.73 Å². The first-order chi connectivity index (χ1) is 9.72. The van der Waals surface area contributed by atoms with E-state index in [-0.39, 0.29) is 17.3 Å². The van der Waals surface area contributed by atoms with Crippen molar-refractivity contribution in [1.82, 2.24) is 0 Å². The average Bonchev–Trinajstić information content (AvgIpc) is 3.17. The van der Waals surface area contributed by atoms with E-state index in [0.717, 1.165) is 0 Å². The van der Waals surface area contributed by atoms with E-state index in [4.69, 9.17) is 29.9 Å². The summed E-state index contributed by atoms with van der Waals surface area (Å²) in [5.41, 5.74) is 12.2. The van der Waals surface area contributed by atoms with Crippen LogP contribution in [0.2, 0.25) is 0 Å². The zero-order valence-corrected chi connectivity index (χ0v) is 10.2. The molecule has 0 aliphatic rings. The standard InChI is InChI=1S/C13H11N3O4/c14-12(16-17)10-9(7-3-1-5-18-7)11(20-13(10)15)8-4-2-6-19-8/h1-6,17H,15H2,(H2,14,16). The van der Waals surface area contributed by atoms with Crippen molar-refractivity contribution in [3.63, 3.8) is 0 Å². The van der Waals surface area contributed by atoms with Gasteiger partial charge >= 0.3 is 0 Å². The zero-order valence-electron chi connectivity index (χ0n) is 10.2. The van der Waals surface area contributed by atoms with Crippen LogP contribution in [0.1, 0.15) is 5.56 Å². The lowest BCUT2D eigenvalue weighted by atomic mass is 10.1. The highest BCUT2D eigenvalue weighted by Crippen LogP contribution is 2.40. The molecule has 0 aliphatic carbocycles. The maximum atomic E-state index is 8.89. The molecule has 0 saturated heterocycles. The largest absolute Gasteiger partial charge is 0.464 e. The monoisotopic (exact) mass is 273 g/mol. The van der Waals surface area contributed by atoms with Gasteiger partial charge in [0.25, 0.3) is 0 Å². The van der Waals surface area contributed by atoms with Gasteiger partial charge in [0, 0.05) is 0 Å². The van der Waals surface area contributed by atoms with Crippen LogP contribution >= 0.6 is 0 Å². The Morgan fingerprint density at radius 3 is 2.30 bits per heavy atom. The Hall–Kier alpha value is -3.09. The Morgan fingerprint density at radius 2 is 1.75 bits per heavy atom. The van der Waals surface area contributed by atoms with Crippen LogP contribution in [0.5, 0.6) is 0 Å². The van der Waals surface area contributed by atoms with Crippen LogP contribution in [0.3, 0.4) is 0 Å². The number of nitrogens with zero attached hydrogens (tertiary/aromatic N) is 1. The minimum atomic E-state index is -0.171. The molecule has 0 aliphatic heterocycles. The molecule has 102 valence electrons. The Kier molecular flexibility index (Phi) is 2.72. The first kappa shape index (κ1) is 12.0. The van der Waals surface area contributed by atoms with E-state index in [1.807, 2.05) is 0 Å². The van der Waals surface area contributed by atoms with Crippen LogP contribution in [-0.2, 0) is 0 Å². The summed E-state index contributed by atoms with van der Waals surface area (Å²) in [4.78, 5) is 0. The Morgan fingerprint density at radius 1 is 1.10 bits per heavy atom. The number of anilines is 1. The minimum Gasteiger partial charge on any atom is -0.464 e. The van der Waals surface area contributed by atoms with E-state index >= 15 is 0 Å². The predicted octanol–water partition coefficient (Wildman–Crippen LogP) is 2.48. The quantitative estimate of drug-likeness (QED) is 0.291. The number of amidine groups is 1. The lowest BCUT2D eigenvalue weighted by Gasteiger charge is -2.00. The molecule has 0 unspecified atom stereocenters. The van der Waals surface area contributed by atoms with Gasteiger partial charge in [0.1, 0.15) is 5.76 Å². The molecule has 0 fully saturated rings. The first-order valence-corrected chi connectivity index (χ1v) is 5.70. The number of nitrogens with two attached hydrogens (primary N) is 2. The molecule has 7 heteroatoms. The molecule has 0 saturated carbocycles. The maximum Gasteiger partial charge on any atom is 0.203 e.